The molecular formula is C16H18FN3O. The zero-order valence-corrected chi connectivity index (χ0v) is 11.8. The van der Waals surface area contributed by atoms with Crippen LogP contribution in [0.5, 0.6) is 0 Å². The summed E-state index contributed by atoms with van der Waals surface area (Å²) in [6, 6.07) is 5.18. The van der Waals surface area contributed by atoms with E-state index >= 15 is 0 Å². The quantitative estimate of drug-likeness (QED) is 0.943. The van der Waals surface area contributed by atoms with Crippen molar-refractivity contribution in [2.45, 2.75) is 19.3 Å². The van der Waals surface area contributed by atoms with Gasteiger partial charge in [0.25, 0.3) is 0 Å². The highest BCUT2D eigenvalue weighted by Gasteiger charge is 2.21. The Balaban J connectivity index is 1.59. The Morgan fingerprint density at radius 3 is 2.76 bits per heavy atom. The number of nitrogens with zero attached hydrogens (tertiary/aromatic N) is 2. The molecule has 0 bridgehead atoms. The molecule has 2 aromatic heterocycles. The van der Waals surface area contributed by atoms with Crippen molar-refractivity contribution in [2.24, 2.45) is 5.92 Å². The van der Waals surface area contributed by atoms with Crippen LogP contribution in [-0.2, 0) is 6.42 Å². The first-order chi connectivity index (χ1) is 10.2. The fourth-order valence-corrected chi connectivity index (χ4v) is 2.91. The van der Waals surface area contributed by atoms with Crippen LogP contribution in [0.25, 0.3) is 0 Å². The van der Waals surface area contributed by atoms with Crippen LogP contribution in [-0.4, -0.2) is 23.1 Å². The van der Waals surface area contributed by atoms with Crippen molar-refractivity contribution in [3.8, 4) is 0 Å². The van der Waals surface area contributed by atoms with Crippen LogP contribution in [0.3, 0.4) is 0 Å². The van der Waals surface area contributed by atoms with Gasteiger partial charge in [-0.3, -0.25) is 9.78 Å². The Labute approximate surface area is 122 Å². The number of nitrogens with one attached hydrogen (secondary N) is 1. The number of aromatic amines is 1. The first kappa shape index (κ1) is 13.8. The number of pyridine rings is 2. The van der Waals surface area contributed by atoms with Crippen molar-refractivity contribution in [3.05, 3.63) is 58.5 Å². The van der Waals surface area contributed by atoms with Crippen LogP contribution in [0.4, 0.5) is 10.1 Å². The van der Waals surface area contributed by atoms with Crippen LogP contribution < -0.4 is 10.5 Å². The molecule has 0 aliphatic carbocycles. The molecule has 4 nitrogen and oxygen atoms in total. The Kier molecular flexibility index (Phi) is 3.99. The van der Waals surface area contributed by atoms with Crippen LogP contribution in [0, 0.1) is 11.7 Å². The number of hydrogen-bond acceptors (Lipinski definition) is 3. The third kappa shape index (κ3) is 3.29. The van der Waals surface area contributed by atoms with Crippen molar-refractivity contribution < 1.29 is 4.39 Å². The Bertz CT molecular complexity index is 642. The molecule has 110 valence electrons. The average Bonchev–Trinajstić information content (AvgIpc) is 2.51. The number of rotatable bonds is 3. The molecule has 3 rings (SSSR count). The monoisotopic (exact) mass is 287 g/mol. The van der Waals surface area contributed by atoms with Gasteiger partial charge in [0.05, 0.1) is 11.9 Å². The zero-order valence-electron chi connectivity index (χ0n) is 11.8. The molecule has 1 aliphatic rings. The first-order valence-corrected chi connectivity index (χ1v) is 7.24. The van der Waals surface area contributed by atoms with Crippen LogP contribution in [0.2, 0.25) is 0 Å². The predicted molar refractivity (Wildman–Crippen MR) is 79.9 cm³/mol. The highest BCUT2D eigenvalue weighted by Crippen LogP contribution is 2.26. The van der Waals surface area contributed by atoms with Gasteiger partial charge in [0.15, 0.2) is 5.82 Å². The minimum atomic E-state index is -0.253. The maximum atomic E-state index is 13.7. The molecule has 0 radical (unpaired) electrons. The third-order valence-corrected chi connectivity index (χ3v) is 4.08. The van der Waals surface area contributed by atoms with E-state index in [-0.39, 0.29) is 11.4 Å². The summed E-state index contributed by atoms with van der Waals surface area (Å²) in [4.78, 5) is 19.6. The summed E-state index contributed by atoms with van der Waals surface area (Å²) in [5, 5.41) is 0. The van der Waals surface area contributed by atoms with Gasteiger partial charge in [0.2, 0.25) is 5.56 Å². The van der Waals surface area contributed by atoms with E-state index in [1.165, 1.54) is 6.20 Å². The Morgan fingerprint density at radius 1 is 1.29 bits per heavy atom. The molecule has 1 fully saturated rings. The number of aromatic nitrogens is 2. The standard InChI is InChI=1S/C16H18FN3O/c17-14-11-18-6-3-15(14)20-7-4-12(5-8-20)9-13-1-2-16(21)19-10-13/h1-3,6,10-12H,4-5,7-9H2,(H,19,21). The lowest BCUT2D eigenvalue weighted by molar-refractivity contribution is 0.400. The number of H-pyrrole nitrogens is 1. The number of hydrogen-bond donors (Lipinski definition) is 1. The molecule has 21 heavy (non-hydrogen) atoms. The summed E-state index contributed by atoms with van der Waals surface area (Å²) < 4.78 is 13.7. The average molecular weight is 287 g/mol. The van der Waals surface area contributed by atoms with E-state index in [4.69, 9.17) is 0 Å². The van der Waals surface area contributed by atoms with Gasteiger partial charge >= 0.3 is 0 Å². The molecule has 0 amide bonds. The lowest BCUT2D eigenvalue weighted by atomic mass is 9.90. The number of anilines is 1. The molecule has 1 saturated heterocycles. The molecule has 0 saturated carbocycles. The van der Waals surface area contributed by atoms with Gasteiger partial charge in [-0.1, -0.05) is 6.07 Å². The van der Waals surface area contributed by atoms with Gasteiger partial charge in [-0.15, -0.1) is 0 Å². The highest BCUT2D eigenvalue weighted by atomic mass is 19.1. The molecular weight excluding hydrogens is 269 g/mol. The maximum Gasteiger partial charge on any atom is 0.247 e. The third-order valence-electron chi connectivity index (χ3n) is 4.08. The summed E-state index contributed by atoms with van der Waals surface area (Å²) in [5.41, 5.74) is 1.73. The minimum absolute atomic E-state index is 0.0678. The maximum absolute atomic E-state index is 13.7. The normalized spacial score (nSPS) is 16.1. The fraction of sp³-hybridized carbons (Fsp3) is 0.375. The van der Waals surface area contributed by atoms with Gasteiger partial charge in [-0.25, -0.2) is 4.39 Å². The largest absolute Gasteiger partial charge is 0.369 e. The Morgan fingerprint density at radius 2 is 2.10 bits per heavy atom. The van der Waals surface area contributed by atoms with Gasteiger partial charge in [0, 0.05) is 31.5 Å². The van der Waals surface area contributed by atoms with Crippen LogP contribution in [0.15, 0.2) is 41.6 Å². The molecule has 1 aliphatic heterocycles. The van der Waals surface area contributed by atoms with Crippen molar-refractivity contribution in [2.75, 3.05) is 18.0 Å². The summed E-state index contributed by atoms with van der Waals surface area (Å²) in [6.07, 6.45) is 7.70. The fourth-order valence-electron chi connectivity index (χ4n) is 2.91. The second kappa shape index (κ2) is 6.08. The topological polar surface area (TPSA) is 49.0 Å². The zero-order chi connectivity index (χ0) is 14.7. The summed E-state index contributed by atoms with van der Waals surface area (Å²) in [7, 11) is 0. The molecule has 0 aromatic carbocycles. The van der Waals surface area contributed by atoms with E-state index in [1.807, 2.05) is 6.07 Å². The SMILES string of the molecule is O=c1ccc(CC2CCN(c3ccncc3F)CC2)c[nH]1. The molecule has 0 spiro atoms. The molecule has 1 N–H and O–H groups in total. The summed E-state index contributed by atoms with van der Waals surface area (Å²) in [5.74, 6) is 0.327. The van der Waals surface area contributed by atoms with Crippen molar-refractivity contribution >= 4 is 5.69 Å². The van der Waals surface area contributed by atoms with E-state index in [0.29, 0.717) is 11.6 Å². The molecule has 0 unspecified atom stereocenters. The second-order valence-electron chi connectivity index (χ2n) is 5.52. The number of piperidine rings is 1. The Hall–Kier alpha value is -2.17. The molecule has 2 aromatic rings. The lowest BCUT2D eigenvalue weighted by Crippen LogP contribution is -2.34. The highest BCUT2D eigenvalue weighted by molar-refractivity contribution is 5.46. The van der Waals surface area contributed by atoms with Gasteiger partial charge in [-0.05, 0) is 36.8 Å². The summed E-state index contributed by atoms with van der Waals surface area (Å²) >= 11 is 0. The smallest absolute Gasteiger partial charge is 0.247 e. The van der Waals surface area contributed by atoms with E-state index < -0.39 is 0 Å². The first-order valence-electron chi connectivity index (χ1n) is 7.24. The minimum Gasteiger partial charge on any atom is -0.369 e. The molecule has 0 atom stereocenters. The second-order valence-corrected chi connectivity index (χ2v) is 5.52. The van der Waals surface area contributed by atoms with Gasteiger partial charge in [0.1, 0.15) is 0 Å². The van der Waals surface area contributed by atoms with E-state index in [2.05, 4.69) is 14.9 Å². The summed E-state index contributed by atoms with van der Waals surface area (Å²) in [6.45, 7) is 1.71. The van der Waals surface area contributed by atoms with Gasteiger partial charge in [-0.2, -0.15) is 0 Å². The predicted octanol–water partition coefficient (Wildman–Crippen LogP) is 2.37. The lowest BCUT2D eigenvalue weighted by Gasteiger charge is -2.33. The van der Waals surface area contributed by atoms with Crippen molar-refractivity contribution in [1.29, 1.82) is 0 Å². The van der Waals surface area contributed by atoms with Crippen molar-refractivity contribution in [1.82, 2.24) is 9.97 Å². The van der Waals surface area contributed by atoms with Gasteiger partial charge < -0.3 is 9.88 Å². The van der Waals surface area contributed by atoms with E-state index in [1.54, 1.807) is 24.5 Å². The van der Waals surface area contributed by atoms with Crippen molar-refractivity contribution in [3.63, 3.8) is 0 Å². The number of halogens is 1. The van der Waals surface area contributed by atoms with E-state index in [9.17, 15) is 9.18 Å². The van der Waals surface area contributed by atoms with E-state index in [0.717, 1.165) is 37.9 Å². The molecule has 3 heterocycles. The van der Waals surface area contributed by atoms with Crippen LogP contribution in [0.1, 0.15) is 18.4 Å². The van der Waals surface area contributed by atoms with Crippen LogP contribution >= 0.6 is 0 Å². The molecule has 5 heteroatoms.